The number of hydrogen-bond acceptors (Lipinski definition) is 1. The van der Waals surface area contributed by atoms with Crippen molar-refractivity contribution >= 4 is 11.4 Å². The summed E-state index contributed by atoms with van der Waals surface area (Å²) in [5, 5.41) is 0. The molecule has 0 aromatic heterocycles. The largest absolute Gasteiger partial charge is 0.335 e. The summed E-state index contributed by atoms with van der Waals surface area (Å²) in [6.45, 7) is 16.4. The molecule has 0 radical (unpaired) electrons. The number of rotatable bonds is 5. The van der Waals surface area contributed by atoms with Crippen LogP contribution >= 0.6 is 0 Å². The van der Waals surface area contributed by atoms with Crippen LogP contribution in [-0.2, 0) is 18.3 Å². The standard InChI is InChI=1S/C35H39N/c1-8-24-18-15-20-27(25-16-11-10-12-17-25)33(24)36(34(3,4)5)31-23-22-29-28-19-13-14-21-30(28)35(6,7)32(29)26(31)9-2/h10-23H,8-9H2,1-7H3. The summed E-state index contributed by atoms with van der Waals surface area (Å²) in [5.41, 5.74) is 13.7. The highest BCUT2D eigenvalue weighted by Gasteiger charge is 2.39. The van der Waals surface area contributed by atoms with E-state index in [1.165, 1.54) is 55.9 Å². The Balaban J connectivity index is 1.83. The van der Waals surface area contributed by atoms with Crippen LogP contribution in [0, 0.1) is 0 Å². The molecule has 0 aliphatic heterocycles. The second-order valence-electron chi connectivity index (χ2n) is 11.5. The fourth-order valence-corrected chi connectivity index (χ4v) is 6.35. The van der Waals surface area contributed by atoms with Crippen LogP contribution in [0.4, 0.5) is 11.4 Å². The number of aryl methyl sites for hydroxylation is 1. The minimum absolute atomic E-state index is 0.0244. The smallest absolute Gasteiger partial charge is 0.0527 e. The first kappa shape index (κ1) is 24.4. The van der Waals surface area contributed by atoms with E-state index in [1.54, 1.807) is 0 Å². The molecule has 0 atom stereocenters. The number of fused-ring (bicyclic) bond motifs is 3. The average molecular weight is 474 g/mol. The van der Waals surface area contributed by atoms with Crippen LogP contribution in [0.1, 0.15) is 70.7 Å². The van der Waals surface area contributed by atoms with Crippen molar-refractivity contribution < 1.29 is 0 Å². The predicted octanol–water partition coefficient (Wildman–Crippen LogP) is 9.72. The van der Waals surface area contributed by atoms with Crippen molar-refractivity contribution in [1.29, 1.82) is 0 Å². The number of anilines is 2. The Hall–Kier alpha value is -3.32. The van der Waals surface area contributed by atoms with E-state index in [-0.39, 0.29) is 11.0 Å². The lowest BCUT2D eigenvalue weighted by atomic mass is 9.78. The first-order valence-electron chi connectivity index (χ1n) is 13.4. The fourth-order valence-electron chi connectivity index (χ4n) is 6.35. The monoisotopic (exact) mass is 473 g/mol. The van der Waals surface area contributed by atoms with E-state index < -0.39 is 0 Å². The number of nitrogens with zero attached hydrogens (tertiary/aromatic N) is 1. The summed E-state index contributed by atoms with van der Waals surface area (Å²) in [5.74, 6) is 0. The molecule has 0 fully saturated rings. The zero-order valence-electron chi connectivity index (χ0n) is 22.9. The molecule has 0 saturated carbocycles. The third-order valence-electron chi connectivity index (χ3n) is 7.88. The van der Waals surface area contributed by atoms with Gasteiger partial charge in [0.2, 0.25) is 0 Å². The van der Waals surface area contributed by atoms with Gasteiger partial charge in [-0.25, -0.2) is 0 Å². The molecule has 0 saturated heterocycles. The Morgan fingerprint density at radius 1 is 0.667 bits per heavy atom. The van der Waals surface area contributed by atoms with E-state index in [4.69, 9.17) is 0 Å². The molecule has 1 heteroatoms. The van der Waals surface area contributed by atoms with Gasteiger partial charge in [-0.15, -0.1) is 0 Å². The molecule has 0 amide bonds. The van der Waals surface area contributed by atoms with Gasteiger partial charge in [-0.3, -0.25) is 0 Å². The van der Waals surface area contributed by atoms with E-state index >= 15 is 0 Å². The molecular weight excluding hydrogens is 434 g/mol. The molecule has 4 aromatic rings. The first-order chi connectivity index (χ1) is 17.2. The van der Waals surface area contributed by atoms with Crippen LogP contribution < -0.4 is 4.90 Å². The Bertz CT molecular complexity index is 1400. The Morgan fingerprint density at radius 3 is 2.00 bits per heavy atom. The highest BCUT2D eigenvalue weighted by atomic mass is 15.2. The Morgan fingerprint density at radius 2 is 1.33 bits per heavy atom. The molecule has 184 valence electrons. The number of para-hydroxylation sites is 1. The minimum atomic E-state index is -0.109. The maximum absolute atomic E-state index is 2.63. The SMILES string of the molecule is CCc1cccc(-c2ccccc2)c1N(c1ccc2c(c1CC)C(C)(C)c1ccccc1-2)C(C)(C)C. The summed E-state index contributed by atoms with van der Waals surface area (Å²) in [6.07, 6.45) is 1.99. The predicted molar refractivity (Wildman–Crippen MR) is 157 cm³/mol. The molecule has 0 bridgehead atoms. The molecule has 1 aliphatic rings. The molecule has 36 heavy (non-hydrogen) atoms. The minimum Gasteiger partial charge on any atom is -0.335 e. The van der Waals surface area contributed by atoms with E-state index in [9.17, 15) is 0 Å². The molecule has 4 aromatic carbocycles. The lowest BCUT2D eigenvalue weighted by Gasteiger charge is -2.42. The average Bonchev–Trinajstić information content (AvgIpc) is 3.11. The van der Waals surface area contributed by atoms with Crippen molar-refractivity contribution in [1.82, 2.24) is 0 Å². The van der Waals surface area contributed by atoms with Crippen molar-refractivity contribution in [3.05, 3.63) is 107 Å². The quantitative estimate of drug-likeness (QED) is 0.279. The lowest BCUT2D eigenvalue weighted by molar-refractivity contribution is 0.556. The van der Waals surface area contributed by atoms with Gasteiger partial charge in [0.05, 0.1) is 5.69 Å². The van der Waals surface area contributed by atoms with Crippen molar-refractivity contribution in [2.24, 2.45) is 0 Å². The fraction of sp³-hybridized carbons (Fsp3) is 0.314. The van der Waals surface area contributed by atoms with Gasteiger partial charge in [-0.1, -0.05) is 107 Å². The van der Waals surface area contributed by atoms with Gasteiger partial charge in [0.1, 0.15) is 0 Å². The Labute approximate surface area is 217 Å². The lowest BCUT2D eigenvalue weighted by Crippen LogP contribution is -2.39. The van der Waals surface area contributed by atoms with E-state index in [1.807, 2.05) is 0 Å². The molecule has 5 rings (SSSR count). The summed E-state index contributed by atoms with van der Waals surface area (Å²) in [7, 11) is 0. The molecule has 0 heterocycles. The highest BCUT2D eigenvalue weighted by Crippen LogP contribution is 2.53. The van der Waals surface area contributed by atoms with Gasteiger partial charge in [-0.2, -0.15) is 0 Å². The van der Waals surface area contributed by atoms with E-state index in [2.05, 4.69) is 138 Å². The third kappa shape index (κ3) is 3.77. The molecule has 0 N–H and O–H groups in total. The third-order valence-corrected chi connectivity index (χ3v) is 7.88. The van der Waals surface area contributed by atoms with E-state index in [0.29, 0.717) is 0 Å². The van der Waals surface area contributed by atoms with Crippen molar-refractivity contribution in [2.45, 2.75) is 72.3 Å². The van der Waals surface area contributed by atoms with Crippen LogP contribution in [0.2, 0.25) is 0 Å². The van der Waals surface area contributed by atoms with Crippen molar-refractivity contribution in [3.63, 3.8) is 0 Å². The van der Waals surface area contributed by atoms with Gasteiger partial charge >= 0.3 is 0 Å². The number of hydrogen-bond donors (Lipinski definition) is 0. The van der Waals surface area contributed by atoms with Crippen LogP contribution in [0.25, 0.3) is 22.3 Å². The van der Waals surface area contributed by atoms with Gasteiger partial charge in [0.15, 0.2) is 0 Å². The zero-order chi connectivity index (χ0) is 25.7. The van der Waals surface area contributed by atoms with Gasteiger partial charge < -0.3 is 4.90 Å². The molecular formula is C35H39N. The summed E-state index contributed by atoms with van der Waals surface area (Å²) >= 11 is 0. The summed E-state index contributed by atoms with van der Waals surface area (Å²) in [4.78, 5) is 2.63. The maximum atomic E-state index is 2.63. The van der Waals surface area contributed by atoms with Gasteiger partial charge in [0.25, 0.3) is 0 Å². The second-order valence-corrected chi connectivity index (χ2v) is 11.5. The Kier molecular flexibility index (Phi) is 6.07. The highest BCUT2D eigenvalue weighted by molar-refractivity contribution is 5.90. The van der Waals surface area contributed by atoms with Gasteiger partial charge in [-0.05, 0) is 78.6 Å². The topological polar surface area (TPSA) is 3.24 Å². The molecule has 1 nitrogen and oxygen atoms in total. The first-order valence-corrected chi connectivity index (χ1v) is 13.4. The maximum Gasteiger partial charge on any atom is 0.0527 e. The van der Waals surface area contributed by atoms with Crippen molar-refractivity contribution in [2.75, 3.05) is 4.90 Å². The molecule has 0 unspecified atom stereocenters. The summed E-state index contributed by atoms with van der Waals surface area (Å²) in [6, 6.07) is 31.4. The number of benzene rings is 4. The van der Waals surface area contributed by atoms with E-state index in [0.717, 1.165) is 12.8 Å². The molecule has 1 aliphatic carbocycles. The van der Waals surface area contributed by atoms with Crippen molar-refractivity contribution in [3.8, 4) is 22.3 Å². The van der Waals surface area contributed by atoms with Crippen LogP contribution in [0.15, 0.2) is 84.9 Å². The van der Waals surface area contributed by atoms with Crippen LogP contribution in [-0.4, -0.2) is 5.54 Å². The molecule has 0 spiro atoms. The summed E-state index contributed by atoms with van der Waals surface area (Å²) < 4.78 is 0. The second kappa shape index (κ2) is 8.96. The van der Waals surface area contributed by atoms with Gasteiger partial charge in [0, 0.05) is 22.2 Å². The van der Waals surface area contributed by atoms with Crippen LogP contribution in [0.5, 0.6) is 0 Å². The van der Waals surface area contributed by atoms with Crippen LogP contribution in [0.3, 0.4) is 0 Å². The normalized spacial score (nSPS) is 13.9. The zero-order valence-corrected chi connectivity index (χ0v) is 22.9.